The number of rotatable bonds is 4. The van der Waals surface area contributed by atoms with Crippen LogP contribution in [0.3, 0.4) is 0 Å². The van der Waals surface area contributed by atoms with E-state index in [1.165, 1.54) is 24.4 Å². The van der Waals surface area contributed by atoms with Crippen LogP contribution in [0, 0.1) is 0 Å². The van der Waals surface area contributed by atoms with Crippen LogP contribution in [-0.4, -0.2) is 23.2 Å². The first-order valence-corrected chi connectivity index (χ1v) is 7.42. The number of carboxylic acid groups (broad SMARTS) is 1. The minimum atomic E-state index is -1.09. The molecular weight excluding hydrogens is 320 g/mol. The Kier molecular flexibility index (Phi) is 4.43. The molecule has 0 aliphatic heterocycles. The predicted octanol–water partition coefficient (Wildman–Crippen LogP) is 2.38. The molecule has 3 aromatic carbocycles. The van der Waals surface area contributed by atoms with Crippen molar-refractivity contribution in [2.24, 2.45) is 5.10 Å². The Balaban J connectivity index is 1.81. The number of fused-ring (bicyclic) bond motifs is 1. The van der Waals surface area contributed by atoms with Gasteiger partial charge < -0.3 is 10.2 Å². The summed E-state index contributed by atoms with van der Waals surface area (Å²) >= 11 is 0. The Morgan fingerprint density at radius 2 is 1.60 bits per heavy atom. The number of carboxylic acids is 1. The van der Waals surface area contributed by atoms with Crippen LogP contribution >= 0.6 is 0 Å². The summed E-state index contributed by atoms with van der Waals surface area (Å²) in [7, 11) is 0. The van der Waals surface area contributed by atoms with E-state index >= 15 is 0 Å². The number of nitrogens with one attached hydrogen (secondary N) is 1. The van der Waals surface area contributed by atoms with Gasteiger partial charge in [0.1, 0.15) is 0 Å². The molecule has 0 spiro atoms. The molecule has 0 aliphatic rings. The van der Waals surface area contributed by atoms with Gasteiger partial charge in [0, 0.05) is 11.1 Å². The van der Waals surface area contributed by atoms with Gasteiger partial charge in [-0.3, -0.25) is 4.79 Å². The standard InChI is InChI=1S/C19H14N2O4/c22-17-10-13-6-2-1-5-12(13)9-16(17)18(23)21-20-11-14-7-3-4-8-15(14)19(24)25/h1-11,22H,(H,21,23)(H,24,25)/p-1/b20-11-. The molecule has 0 radical (unpaired) electrons. The maximum absolute atomic E-state index is 12.2. The van der Waals surface area contributed by atoms with E-state index in [1.54, 1.807) is 30.3 Å². The van der Waals surface area contributed by atoms with Gasteiger partial charge in [-0.05, 0) is 22.9 Å². The molecule has 3 aromatic rings. The van der Waals surface area contributed by atoms with Crippen molar-refractivity contribution in [3.05, 3.63) is 77.4 Å². The number of nitrogens with zero attached hydrogens (tertiary/aromatic N) is 1. The van der Waals surface area contributed by atoms with Crippen molar-refractivity contribution in [1.29, 1.82) is 0 Å². The quantitative estimate of drug-likeness (QED) is 0.565. The second kappa shape index (κ2) is 6.84. The van der Waals surface area contributed by atoms with Crippen LogP contribution in [0.4, 0.5) is 0 Å². The number of benzene rings is 3. The highest BCUT2D eigenvalue weighted by Crippen LogP contribution is 2.22. The Hall–Kier alpha value is -3.67. The molecule has 0 unspecified atom stereocenters. The van der Waals surface area contributed by atoms with Crippen molar-refractivity contribution in [1.82, 2.24) is 5.43 Å². The van der Waals surface area contributed by atoms with Crippen LogP contribution in [0.15, 0.2) is 65.8 Å². The zero-order valence-electron chi connectivity index (χ0n) is 13.0. The van der Waals surface area contributed by atoms with Gasteiger partial charge in [-0.15, -0.1) is 0 Å². The highest BCUT2D eigenvalue weighted by molar-refractivity contribution is 6.02. The van der Waals surface area contributed by atoms with Gasteiger partial charge in [-0.1, -0.05) is 54.3 Å². The smallest absolute Gasteiger partial charge is 0.336 e. The Morgan fingerprint density at radius 3 is 2.32 bits per heavy atom. The summed E-state index contributed by atoms with van der Waals surface area (Å²) < 4.78 is 0. The lowest BCUT2D eigenvalue weighted by Gasteiger charge is -2.13. The molecule has 0 aliphatic carbocycles. The van der Waals surface area contributed by atoms with Crippen LogP contribution in [0.1, 0.15) is 26.3 Å². The minimum absolute atomic E-state index is 0.0256. The molecule has 6 nitrogen and oxygen atoms in total. The molecule has 6 heteroatoms. The highest BCUT2D eigenvalue weighted by atomic mass is 16.4. The normalized spacial score (nSPS) is 10.9. The van der Waals surface area contributed by atoms with E-state index in [0.29, 0.717) is 5.56 Å². The van der Waals surface area contributed by atoms with Gasteiger partial charge in [0.2, 0.25) is 0 Å². The fourth-order valence-electron chi connectivity index (χ4n) is 2.42. The van der Waals surface area contributed by atoms with Crippen molar-refractivity contribution >= 4 is 28.9 Å². The molecule has 0 fully saturated rings. The largest absolute Gasteiger partial charge is 0.872 e. The fraction of sp³-hybridized carbons (Fsp3) is 0. The lowest BCUT2D eigenvalue weighted by Crippen LogP contribution is -2.19. The first-order valence-electron chi connectivity index (χ1n) is 7.42. The summed E-state index contributed by atoms with van der Waals surface area (Å²) in [6, 6.07) is 16.4. The van der Waals surface area contributed by atoms with E-state index in [0.717, 1.165) is 10.8 Å². The molecule has 3 rings (SSSR count). The fourth-order valence-corrected chi connectivity index (χ4v) is 2.42. The van der Waals surface area contributed by atoms with Crippen molar-refractivity contribution in [2.45, 2.75) is 0 Å². The molecular formula is C19H13N2O4-. The second-order valence-electron chi connectivity index (χ2n) is 5.29. The predicted molar refractivity (Wildman–Crippen MR) is 91.9 cm³/mol. The Labute approximate surface area is 143 Å². The number of amides is 1. The third-order valence-electron chi connectivity index (χ3n) is 3.65. The molecule has 0 heterocycles. The number of hydrogen-bond acceptors (Lipinski definition) is 4. The van der Waals surface area contributed by atoms with Gasteiger partial charge in [-0.25, -0.2) is 10.2 Å². The summed E-state index contributed by atoms with van der Waals surface area (Å²) in [6.45, 7) is 0. The minimum Gasteiger partial charge on any atom is -0.872 e. The number of hydrogen-bond donors (Lipinski definition) is 2. The van der Waals surface area contributed by atoms with Crippen molar-refractivity contribution in [3.8, 4) is 5.75 Å². The molecule has 2 N–H and O–H groups in total. The third kappa shape index (κ3) is 3.48. The van der Waals surface area contributed by atoms with E-state index in [9.17, 15) is 14.7 Å². The number of hydrazone groups is 1. The van der Waals surface area contributed by atoms with Crippen molar-refractivity contribution in [2.75, 3.05) is 0 Å². The van der Waals surface area contributed by atoms with Gasteiger partial charge >= 0.3 is 5.97 Å². The van der Waals surface area contributed by atoms with Gasteiger partial charge in [0.25, 0.3) is 5.91 Å². The van der Waals surface area contributed by atoms with Crippen LogP contribution in [-0.2, 0) is 0 Å². The van der Waals surface area contributed by atoms with E-state index in [-0.39, 0.29) is 11.1 Å². The van der Waals surface area contributed by atoms with Gasteiger partial charge in [0.15, 0.2) is 0 Å². The number of aromatic carboxylic acids is 1. The zero-order valence-corrected chi connectivity index (χ0v) is 13.0. The molecule has 0 aromatic heterocycles. The van der Waals surface area contributed by atoms with Gasteiger partial charge in [0.05, 0.1) is 11.8 Å². The molecule has 25 heavy (non-hydrogen) atoms. The molecule has 0 saturated carbocycles. The van der Waals surface area contributed by atoms with E-state index in [1.807, 2.05) is 12.1 Å². The second-order valence-corrected chi connectivity index (χ2v) is 5.29. The molecule has 0 bridgehead atoms. The average Bonchev–Trinajstić information content (AvgIpc) is 2.61. The lowest BCUT2D eigenvalue weighted by atomic mass is 10.1. The first kappa shape index (κ1) is 16.2. The monoisotopic (exact) mass is 333 g/mol. The van der Waals surface area contributed by atoms with Gasteiger partial charge in [-0.2, -0.15) is 5.10 Å². The molecule has 0 atom stereocenters. The molecule has 124 valence electrons. The Bertz CT molecular complexity index is 996. The summed E-state index contributed by atoms with van der Waals surface area (Å²) in [6.07, 6.45) is 1.23. The topological polar surface area (TPSA) is 102 Å². The van der Waals surface area contributed by atoms with Crippen molar-refractivity contribution < 1.29 is 19.8 Å². The summed E-state index contributed by atoms with van der Waals surface area (Å²) in [5, 5.41) is 26.4. The molecule has 0 saturated heterocycles. The highest BCUT2D eigenvalue weighted by Gasteiger charge is 2.09. The van der Waals surface area contributed by atoms with Crippen LogP contribution < -0.4 is 10.5 Å². The zero-order chi connectivity index (χ0) is 17.8. The van der Waals surface area contributed by atoms with E-state index < -0.39 is 17.6 Å². The SMILES string of the molecule is O=C(N/N=C\c1ccccc1C(=O)O)c1cc2ccccc2cc1[O-]. The first-order chi connectivity index (χ1) is 12.1. The van der Waals surface area contributed by atoms with E-state index in [2.05, 4.69) is 10.5 Å². The summed E-state index contributed by atoms with van der Waals surface area (Å²) in [5.74, 6) is -2.15. The molecule has 1 amide bonds. The van der Waals surface area contributed by atoms with Crippen LogP contribution in [0.5, 0.6) is 5.75 Å². The van der Waals surface area contributed by atoms with E-state index in [4.69, 9.17) is 5.11 Å². The summed E-state index contributed by atoms with van der Waals surface area (Å²) in [4.78, 5) is 23.3. The maximum Gasteiger partial charge on any atom is 0.336 e. The maximum atomic E-state index is 12.2. The number of carbonyl (C=O) groups is 2. The average molecular weight is 333 g/mol. The lowest BCUT2D eigenvalue weighted by molar-refractivity contribution is -0.268. The third-order valence-corrected chi connectivity index (χ3v) is 3.65. The number of carbonyl (C=O) groups excluding carboxylic acids is 1. The Morgan fingerprint density at radius 1 is 0.960 bits per heavy atom. The van der Waals surface area contributed by atoms with Crippen LogP contribution in [0.2, 0.25) is 0 Å². The summed E-state index contributed by atoms with van der Waals surface area (Å²) in [5.41, 5.74) is 2.64. The van der Waals surface area contributed by atoms with Crippen molar-refractivity contribution in [3.63, 3.8) is 0 Å². The van der Waals surface area contributed by atoms with Crippen LogP contribution in [0.25, 0.3) is 10.8 Å².